The third-order valence-electron chi connectivity index (χ3n) is 17.9. The van der Waals surface area contributed by atoms with Crippen molar-refractivity contribution in [2.45, 2.75) is 161 Å². The summed E-state index contributed by atoms with van der Waals surface area (Å²) < 4.78 is 62.8. The SMILES string of the molecule is CC(CCC[C@@H](C)[C@H]1CC[C@H]2[C@@H]3[C@H](O)C[C@@H]4C[C@H](O)CC[C@]4(C)[C@H]3CC[C@]12C)C(=O)SCCNC(=O)CCNC(=O)[C@H](O)C(C)(C)COP(=O)(O)OP(=O)(O)OC[C@H]1O[C@@H](n2cnc3c(N)ncnc32)C(O)[C@H]1OP(=O)(O)O. The fourth-order valence-corrected chi connectivity index (χ4v) is 17.3. The van der Waals surface area contributed by atoms with E-state index in [1.807, 2.05) is 6.92 Å². The summed E-state index contributed by atoms with van der Waals surface area (Å²) in [6.07, 6.45) is 3.42. The van der Waals surface area contributed by atoms with Crippen LogP contribution in [0.5, 0.6) is 0 Å². The predicted octanol–water partition coefficient (Wildman–Crippen LogP) is 4.10. The zero-order chi connectivity index (χ0) is 57.3. The van der Waals surface area contributed by atoms with Crippen LogP contribution in [0.15, 0.2) is 12.7 Å². The molecule has 0 aromatic carbocycles. The first kappa shape index (κ1) is 63.1. The van der Waals surface area contributed by atoms with E-state index in [0.717, 1.165) is 86.8 Å². The molecular formula is C48H80N7O19P3S. The van der Waals surface area contributed by atoms with Gasteiger partial charge in [-0.2, -0.15) is 4.31 Å². The summed E-state index contributed by atoms with van der Waals surface area (Å²) in [5.74, 6) is 1.58. The zero-order valence-corrected chi connectivity index (χ0v) is 48.4. The topological polar surface area (TPSA) is 404 Å². The van der Waals surface area contributed by atoms with E-state index >= 15 is 0 Å². The normalized spacial score (nSPS) is 33.9. The lowest BCUT2D eigenvalue weighted by atomic mass is 9.43. The van der Waals surface area contributed by atoms with Crippen molar-refractivity contribution in [2.75, 3.05) is 37.8 Å². The van der Waals surface area contributed by atoms with Crippen LogP contribution in [0.1, 0.15) is 125 Å². The van der Waals surface area contributed by atoms with Gasteiger partial charge in [0, 0.05) is 36.6 Å². The number of thioether (sulfide) groups is 1. The number of fused-ring (bicyclic) bond motifs is 6. The number of hydrogen-bond acceptors (Lipinski definition) is 20. The van der Waals surface area contributed by atoms with Crippen molar-refractivity contribution < 1.29 is 90.7 Å². The molecule has 30 heteroatoms. The number of phosphoric ester groups is 3. The summed E-state index contributed by atoms with van der Waals surface area (Å²) in [4.78, 5) is 89.9. The van der Waals surface area contributed by atoms with E-state index in [4.69, 9.17) is 19.5 Å². The molecule has 2 aromatic rings. The number of nitrogens with one attached hydrogen (secondary N) is 2. The first-order valence-corrected chi connectivity index (χ1v) is 32.3. The van der Waals surface area contributed by atoms with Gasteiger partial charge in [0.2, 0.25) is 11.8 Å². The average molecular weight is 1180 g/mol. The molecule has 0 radical (unpaired) electrons. The first-order chi connectivity index (χ1) is 36.4. The molecule has 2 aromatic heterocycles. The number of anilines is 1. The third-order valence-corrected chi connectivity index (χ3v) is 22.1. The highest BCUT2D eigenvalue weighted by molar-refractivity contribution is 8.13. The number of nitrogens with two attached hydrogens (primary N) is 1. The molecule has 4 unspecified atom stereocenters. The van der Waals surface area contributed by atoms with Gasteiger partial charge in [-0.25, -0.2) is 28.6 Å². The number of hydrogen-bond donors (Lipinski definition) is 11. The molecule has 26 nitrogen and oxygen atoms in total. The monoisotopic (exact) mass is 1180 g/mol. The van der Waals surface area contributed by atoms with E-state index in [2.05, 4.69) is 55.2 Å². The largest absolute Gasteiger partial charge is 0.481 e. The Morgan fingerprint density at radius 1 is 0.923 bits per heavy atom. The summed E-state index contributed by atoms with van der Waals surface area (Å²) >= 11 is 1.16. The van der Waals surface area contributed by atoms with Crippen molar-refractivity contribution in [3.8, 4) is 0 Å². The molecule has 12 N–H and O–H groups in total. The number of phosphoric acid groups is 3. The van der Waals surface area contributed by atoms with Gasteiger partial charge in [0.25, 0.3) is 0 Å². The third kappa shape index (κ3) is 14.6. The van der Waals surface area contributed by atoms with Crippen molar-refractivity contribution in [2.24, 2.45) is 57.7 Å². The molecule has 0 bridgehead atoms. The van der Waals surface area contributed by atoms with Crippen LogP contribution in [-0.4, -0.2) is 145 Å². The Morgan fingerprint density at radius 3 is 2.33 bits per heavy atom. The Morgan fingerprint density at radius 2 is 1.62 bits per heavy atom. The van der Waals surface area contributed by atoms with Gasteiger partial charge < -0.3 is 61.1 Å². The Bertz CT molecular complexity index is 2600. The molecular weight excluding hydrogens is 1100 g/mol. The van der Waals surface area contributed by atoms with Crippen LogP contribution in [-0.2, 0) is 50.7 Å². The van der Waals surface area contributed by atoms with E-state index in [9.17, 15) is 68.1 Å². The van der Waals surface area contributed by atoms with Crippen molar-refractivity contribution in [1.29, 1.82) is 0 Å². The van der Waals surface area contributed by atoms with Crippen LogP contribution >= 0.6 is 35.2 Å². The summed E-state index contributed by atoms with van der Waals surface area (Å²) in [5, 5.41) is 48.9. The molecule has 2 amide bonds. The highest BCUT2D eigenvalue weighted by atomic mass is 32.2. The standard InChI is InChI=1S/C48H80N7O19P3S/c1-26(30-10-11-31-36-32(13-16-48(30,31)6)47(5)15-12-29(56)20-28(47)21-33(36)57)8-7-9-27(2)45(62)78-19-18-50-35(58)14-17-51-43(61)40(60)46(3,4)23-71-77(68,69)74-76(66,67)70-22-34-39(73-75(63,64)65)38(59)44(72-34)55-25-54-37-41(49)52-24-53-42(37)55/h24-34,36,38-40,44,56-57,59-60H,7-23H2,1-6H3,(H,50,58)(H,51,61)(H,66,67)(H,68,69)(H2,49,52,53)(H2,63,64,65)/t26-,27?,28+,29-,30-,31+,32+,33-,34-,36+,38?,39+,40+,44-,47+,48-/m1/s1. The van der Waals surface area contributed by atoms with Crippen LogP contribution in [0.2, 0.25) is 0 Å². The Hall–Kier alpha value is -2.52. The summed E-state index contributed by atoms with van der Waals surface area (Å²) in [6, 6.07) is 0. The summed E-state index contributed by atoms with van der Waals surface area (Å²) in [6.45, 7) is 9.72. The first-order valence-electron chi connectivity index (χ1n) is 26.8. The molecule has 78 heavy (non-hydrogen) atoms. The van der Waals surface area contributed by atoms with Crippen LogP contribution in [0, 0.1) is 57.7 Å². The van der Waals surface area contributed by atoms with Crippen molar-refractivity contribution >= 4 is 69.1 Å². The molecule has 4 saturated carbocycles. The van der Waals surface area contributed by atoms with Gasteiger partial charge in [-0.3, -0.25) is 32.5 Å². The van der Waals surface area contributed by atoms with Crippen molar-refractivity contribution in [3.63, 3.8) is 0 Å². The highest BCUT2D eigenvalue weighted by Gasteiger charge is 2.63. The highest BCUT2D eigenvalue weighted by Crippen LogP contribution is 2.68. The number of carbonyl (C=O) groups is 3. The van der Waals surface area contributed by atoms with Gasteiger partial charge in [-0.15, -0.1) is 0 Å². The number of aliphatic hydroxyl groups excluding tert-OH is 4. The number of carbonyl (C=O) groups excluding carboxylic acids is 3. The summed E-state index contributed by atoms with van der Waals surface area (Å²) in [7, 11) is -16.5. The van der Waals surface area contributed by atoms with E-state index < -0.39 is 84.6 Å². The lowest BCUT2D eigenvalue weighted by Crippen LogP contribution is -2.58. The number of nitrogens with zero attached hydrogens (tertiary/aromatic N) is 4. The fraction of sp³-hybridized carbons (Fsp3) is 0.833. The van der Waals surface area contributed by atoms with Gasteiger partial charge in [0.05, 0.1) is 31.7 Å². The van der Waals surface area contributed by atoms with Gasteiger partial charge >= 0.3 is 23.5 Å². The maximum atomic E-state index is 13.0. The molecule has 4 aliphatic carbocycles. The molecule has 1 saturated heterocycles. The average Bonchev–Trinajstić information content (AvgIpc) is 4.21. The molecule has 0 spiro atoms. The smallest absolute Gasteiger partial charge is 0.393 e. The summed E-state index contributed by atoms with van der Waals surface area (Å²) in [5.41, 5.74) is 4.67. The molecule has 5 aliphatic rings. The molecule has 18 atom stereocenters. The number of nitrogen functional groups attached to an aromatic ring is 1. The van der Waals surface area contributed by atoms with E-state index in [0.29, 0.717) is 41.3 Å². The molecule has 1 aliphatic heterocycles. The maximum absolute atomic E-state index is 13.0. The second-order valence-corrected chi connectivity index (χ2v) is 28.8. The van der Waals surface area contributed by atoms with Gasteiger partial charge in [0.1, 0.15) is 36.3 Å². The molecule has 442 valence electrons. The minimum absolute atomic E-state index is 0.0293. The number of aliphatic hydroxyl groups is 4. The van der Waals surface area contributed by atoms with E-state index in [1.165, 1.54) is 26.7 Å². The minimum Gasteiger partial charge on any atom is -0.393 e. The number of imidazole rings is 1. The van der Waals surface area contributed by atoms with Gasteiger partial charge in [-0.05, 0) is 104 Å². The maximum Gasteiger partial charge on any atom is 0.481 e. The number of aromatic nitrogens is 4. The predicted molar refractivity (Wildman–Crippen MR) is 282 cm³/mol. The van der Waals surface area contributed by atoms with Crippen LogP contribution in [0.4, 0.5) is 5.82 Å². The Balaban J connectivity index is 0.764. The van der Waals surface area contributed by atoms with Crippen LogP contribution in [0.25, 0.3) is 11.2 Å². The van der Waals surface area contributed by atoms with E-state index in [-0.39, 0.29) is 70.6 Å². The second kappa shape index (κ2) is 25.1. The fourth-order valence-electron chi connectivity index (χ4n) is 13.7. The minimum atomic E-state index is -5.60. The molecule has 5 fully saturated rings. The Labute approximate surface area is 457 Å². The van der Waals surface area contributed by atoms with Crippen LogP contribution in [0.3, 0.4) is 0 Å². The van der Waals surface area contributed by atoms with Crippen molar-refractivity contribution in [3.05, 3.63) is 12.7 Å². The Kier molecular flexibility index (Phi) is 20.3. The molecule has 3 heterocycles. The lowest BCUT2D eigenvalue weighted by molar-refractivity contribution is -0.174. The zero-order valence-electron chi connectivity index (χ0n) is 44.9. The molecule has 7 rings (SSSR count). The number of ether oxygens (including phenoxy) is 1. The van der Waals surface area contributed by atoms with Crippen LogP contribution < -0.4 is 16.4 Å². The van der Waals surface area contributed by atoms with Crippen molar-refractivity contribution in [1.82, 2.24) is 30.2 Å². The van der Waals surface area contributed by atoms with Gasteiger partial charge in [-0.1, -0.05) is 66.1 Å². The van der Waals surface area contributed by atoms with Gasteiger partial charge in [0.15, 0.2) is 22.8 Å². The number of rotatable bonds is 25. The quantitative estimate of drug-likeness (QED) is 0.0492. The number of amides is 2. The van der Waals surface area contributed by atoms with E-state index in [1.54, 1.807) is 0 Å². The lowest BCUT2D eigenvalue weighted by Gasteiger charge is -2.62. The second-order valence-electron chi connectivity index (χ2n) is 23.5.